The minimum Gasteiger partial charge on any atom is -0.313 e. The van der Waals surface area contributed by atoms with E-state index in [1.165, 1.54) is 30.4 Å². The lowest BCUT2D eigenvalue weighted by Gasteiger charge is -2.27. The monoisotopic (exact) mass is 324 g/mol. The maximum atomic E-state index is 6.38. The zero-order valence-corrected chi connectivity index (χ0v) is 15.0. The Labute approximate surface area is 147 Å². The van der Waals surface area contributed by atoms with Crippen molar-refractivity contribution in [3.05, 3.63) is 71.8 Å². The van der Waals surface area contributed by atoms with Gasteiger partial charge in [0, 0.05) is 5.92 Å². The van der Waals surface area contributed by atoms with Crippen molar-refractivity contribution in [2.75, 3.05) is 0 Å². The first-order valence-electron chi connectivity index (χ1n) is 9.30. The second-order valence-corrected chi connectivity index (χ2v) is 6.96. The molecule has 2 aromatic rings. The van der Waals surface area contributed by atoms with Gasteiger partial charge in [0.25, 0.3) is 0 Å². The summed E-state index contributed by atoms with van der Waals surface area (Å²) in [5.41, 5.74) is 14.9. The van der Waals surface area contributed by atoms with Crippen molar-refractivity contribution in [3.63, 3.8) is 0 Å². The minimum absolute atomic E-state index is 0.356. The van der Waals surface area contributed by atoms with Gasteiger partial charge in [-0.1, -0.05) is 93.3 Å². The van der Waals surface area contributed by atoms with Crippen LogP contribution < -0.4 is 11.5 Å². The number of hydrogen-bond acceptors (Lipinski definition) is 2. The van der Waals surface area contributed by atoms with Crippen molar-refractivity contribution in [1.29, 1.82) is 0 Å². The first kappa shape index (κ1) is 18.7. The third-order valence-corrected chi connectivity index (χ3v) is 4.80. The van der Waals surface area contributed by atoms with Crippen molar-refractivity contribution >= 4 is 0 Å². The van der Waals surface area contributed by atoms with E-state index in [2.05, 4.69) is 67.6 Å². The fourth-order valence-corrected chi connectivity index (χ4v) is 3.32. The van der Waals surface area contributed by atoms with Crippen molar-refractivity contribution in [3.8, 4) is 0 Å². The van der Waals surface area contributed by atoms with Gasteiger partial charge in [-0.05, 0) is 30.4 Å². The molecule has 4 N–H and O–H groups in total. The molecular formula is C22H32N2. The first-order chi connectivity index (χ1) is 11.6. The molecule has 0 atom stereocenters. The highest BCUT2D eigenvalue weighted by atomic mass is 14.9. The molecule has 2 heteroatoms. The molecule has 2 rings (SSSR count). The van der Waals surface area contributed by atoms with E-state index in [0.717, 1.165) is 25.7 Å². The average Bonchev–Trinajstić information content (AvgIpc) is 2.61. The molecule has 0 unspecified atom stereocenters. The van der Waals surface area contributed by atoms with Crippen molar-refractivity contribution < 1.29 is 0 Å². The SMILES string of the molecule is CCCCCCC(N)(N)CCC(c1ccccc1)c1ccccc1. The van der Waals surface area contributed by atoms with Gasteiger partial charge in [0.2, 0.25) is 0 Å². The van der Waals surface area contributed by atoms with Crippen LogP contribution in [0.5, 0.6) is 0 Å². The molecule has 130 valence electrons. The summed E-state index contributed by atoms with van der Waals surface area (Å²) < 4.78 is 0. The Morgan fingerprint density at radius 3 is 1.79 bits per heavy atom. The van der Waals surface area contributed by atoms with E-state index in [0.29, 0.717) is 5.92 Å². The van der Waals surface area contributed by atoms with E-state index in [1.807, 2.05) is 0 Å². The molecule has 24 heavy (non-hydrogen) atoms. The van der Waals surface area contributed by atoms with Gasteiger partial charge < -0.3 is 11.5 Å². The molecule has 0 fully saturated rings. The highest BCUT2D eigenvalue weighted by Gasteiger charge is 2.22. The standard InChI is InChI=1S/C22H32N2/c1-2-3-4-11-17-22(23,24)18-16-21(19-12-7-5-8-13-19)20-14-9-6-10-15-20/h5-10,12-15,21H,2-4,11,16-18,23-24H2,1H3. The van der Waals surface area contributed by atoms with Crippen LogP contribution in [0.15, 0.2) is 60.7 Å². The van der Waals surface area contributed by atoms with Gasteiger partial charge in [0.1, 0.15) is 0 Å². The number of benzene rings is 2. The van der Waals surface area contributed by atoms with Crippen LogP contribution in [0.1, 0.15) is 68.9 Å². The van der Waals surface area contributed by atoms with Crippen LogP contribution in [0.2, 0.25) is 0 Å². The molecule has 2 nitrogen and oxygen atoms in total. The summed E-state index contributed by atoms with van der Waals surface area (Å²) >= 11 is 0. The quantitative estimate of drug-likeness (QED) is 0.467. The zero-order chi connectivity index (χ0) is 17.3. The summed E-state index contributed by atoms with van der Waals surface area (Å²) in [6, 6.07) is 21.4. The van der Waals surface area contributed by atoms with E-state index in [9.17, 15) is 0 Å². The Morgan fingerprint density at radius 1 is 0.750 bits per heavy atom. The van der Waals surface area contributed by atoms with E-state index in [4.69, 9.17) is 11.5 Å². The molecule has 0 saturated carbocycles. The highest BCUT2D eigenvalue weighted by molar-refractivity contribution is 5.32. The first-order valence-corrected chi connectivity index (χ1v) is 9.30. The summed E-state index contributed by atoms with van der Waals surface area (Å²) in [4.78, 5) is 0. The number of unbranched alkanes of at least 4 members (excludes halogenated alkanes) is 3. The number of nitrogens with two attached hydrogens (primary N) is 2. The van der Waals surface area contributed by atoms with Crippen molar-refractivity contribution in [2.45, 2.75) is 63.5 Å². The molecule has 0 aliphatic rings. The molecule has 0 spiro atoms. The molecule has 0 aliphatic heterocycles. The Morgan fingerprint density at radius 2 is 1.29 bits per heavy atom. The van der Waals surface area contributed by atoms with Crippen LogP contribution in [0.3, 0.4) is 0 Å². The lowest BCUT2D eigenvalue weighted by atomic mass is 9.84. The molecule has 0 radical (unpaired) electrons. The average molecular weight is 325 g/mol. The third kappa shape index (κ3) is 6.10. The van der Waals surface area contributed by atoms with Crippen LogP contribution in [-0.2, 0) is 0 Å². The van der Waals surface area contributed by atoms with Crippen LogP contribution in [0, 0.1) is 0 Å². The van der Waals surface area contributed by atoms with Crippen LogP contribution in [0.25, 0.3) is 0 Å². The van der Waals surface area contributed by atoms with Crippen LogP contribution >= 0.6 is 0 Å². The third-order valence-electron chi connectivity index (χ3n) is 4.80. The summed E-state index contributed by atoms with van der Waals surface area (Å²) in [7, 11) is 0. The number of hydrogen-bond donors (Lipinski definition) is 2. The van der Waals surface area contributed by atoms with E-state index in [-0.39, 0.29) is 0 Å². The molecule has 2 aromatic carbocycles. The summed E-state index contributed by atoms with van der Waals surface area (Å²) in [5.74, 6) is 0.356. The predicted octanol–water partition coefficient (Wildman–Crippen LogP) is 5.18. The predicted molar refractivity (Wildman–Crippen MR) is 104 cm³/mol. The van der Waals surface area contributed by atoms with E-state index in [1.54, 1.807) is 0 Å². The lowest BCUT2D eigenvalue weighted by molar-refractivity contribution is 0.346. The van der Waals surface area contributed by atoms with E-state index < -0.39 is 5.66 Å². The molecular weight excluding hydrogens is 292 g/mol. The summed E-state index contributed by atoms with van der Waals surface area (Å²) in [6.45, 7) is 2.22. The Hall–Kier alpha value is -1.64. The Bertz CT molecular complexity index is 524. The Balaban J connectivity index is 2.01. The molecule has 0 aliphatic carbocycles. The molecule has 0 heterocycles. The molecule has 0 amide bonds. The normalized spacial score (nSPS) is 11.8. The number of rotatable bonds is 10. The van der Waals surface area contributed by atoms with Gasteiger partial charge in [-0.25, -0.2) is 0 Å². The van der Waals surface area contributed by atoms with Crippen LogP contribution in [0.4, 0.5) is 0 Å². The molecule has 0 aromatic heterocycles. The minimum atomic E-state index is -0.560. The topological polar surface area (TPSA) is 52.0 Å². The van der Waals surface area contributed by atoms with Gasteiger partial charge in [-0.3, -0.25) is 0 Å². The van der Waals surface area contributed by atoms with Gasteiger partial charge in [-0.15, -0.1) is 0 Å². The van der Waals surface area contributed by atoms with Gasteiger partial charge in [0.05, 0.1) is 5.66 Å². The molecule has 0 saturated heterocycles. The zero-order valence-electron chi connectivity index (χ0n) is 15.0. The van der Waals surface area contributed by atoms with Crippen molar-refractivity contribution in [2.24, 2.45) is 11.5 Å². The van der Waals surface area contributed by atoms with Gasteiger partial charge in [0.15, 0.2) is 0 Å². The molecule has 0 bridgehead atoms. The largest absolute Gasteiger partial charge is 0.313 e. The van der Waals surface area contributed by atoms with Gasteiger partial charge in [-0.2, -0.15) is 0 Å². The second-order valence-electron chi connectivity index (χ2n) is 6.96. The summed E-state index contributed by atoms with van der Waals surface area (Å²) in [6.07, 6.45) is 7.60. The highest BCUT2D eigenvalue weighted by Crippen LogP contribution is 2.31. The fourth-order valence-electron chi connectivity index (χ4n) is 3.32. The smallest absolute Gasteiger partial charge is 0.0636 e. The van der Waals surface area contributed by atoms with Crippen molar-refractivity contribution in [1.82, 2.24) is 0 Å². The maximum Gasteiger partial charge on any atom is 0.0636 e. The van der Waals surface area contributed by atoms with Crippen LogP contribution in [-0.4, -0.2) is 5.66 Å². The Kier molecular flexibility index (Phi) is 7.48. The lowest BCUT2D eigenvalue weighted by Crippen LogP contribution is -2.49. The fraction of sp³-hybridized carbons (Fsp3) is 0.455. The van der Waals surface area contributed by atoms with E-state index >= 15 is 0 Å². The second kappa shape index (κ2) is 9.61. The maximum absolute atomic E-state index is 6.38. The summed E-state index contributed by atoms with van der Waals surface area (Å²) in [5, 5.41) is 0. The van der Waals surface area contributed by atoms with Gasteiger partial charge >= 0.3 is 0 Å².